The molecule has 3 nitrogen and oxygen atoms in total. The Morgan fingerprint density at radius 2 is 1.60 bits per heavy atom. The molecule has 5 heteroatoms. The van der Waals surface area contributed by atoms with E-state index < -0.39 is 10.0 Å². The first-order chi connectivity index (χ1) is 9.40. The van der Waals surface area contributed by atoms with Crippen molar-refractivity contribution in [2.24, 2.45) is 29.6 Å². The van der Waals surface area contributed by atoms with Gasteiger partial charge in [0, 0.05) is 19.0 Å². The summed E-state index contributed by atoms with van der Waals surface area (Å²) in [7, 11) is -1.36. The molecule has 4 bridgehead atoms. The molecule has 0 N–H and O–H groups in total. The zero-order valence-corrected chi connectivity index (χ0v) is 14.0. The van der Waals surface area contributed by atoms with Crippen molar-refractivity contribution in [3.8, 4) is 0 Å². The van der Waals surface area contributed by atoms with Crippen LogP contribution in [0.15, 0.2) is 0 Å². The third kappa shape index (κ3) is 2.64. The van der Waals surface area contributed by atoms with Gasteiger partial charge in [-0.15, -0.1) is 11.6 Å². The number of hydrogen-bond acceptors (Lipinski definition) is 2. The summed E-state index contributed by atoms with van der Waals surface area (Å²) >= 11 is 5.79. The van der Waals surface area contributed by atoms with Crippen molar-refractivity contribution >= 4 is 21.6 Å². The van der Waals surface area contributed by atoms with Crippen LogP contribution in [-0.2, 0) is 10.0 Å². The fraction of sp³-hybridized carbons (Fsp3) is 1.00. The van der Waals surface area contributed by atoms with Gasteiger partial charge in [0.2, 0.25) is 10.0 Å². The third-order valence-corrected chi connectivity index (χ3v) is 8.43. The van der Waals surface area contributed by atoms with Gasteiger partial charge in [0.15, 0.2) is 0 Å². The minimum Gasteiger partial charge on any atom is -0.212 e. The van der Waals surface area contributed by atoms with Gasteiger partial charge in [-0.05, 0) is 61.7 Å². The molecule has 1 atom stereocenters. The molecule has 0 spiro atoms. The van der Waals surface area contributed by atoms with Gasteiger partial charge in [-0.3, -0.25) is 0 Å². The van der Waals surface area contributed by atoms with Crippen molar-refractivity contribution in [3.05, 3.63) is 0 Å². The average Bonchev–Trinajstić information content (AvgIpc) is 2.36. The second-order valence-corrected chi connectivity index (χ2v) is 9.86. The summed E-state index contributed by atoms with van der Waals surface area (Å²) < 4.78 is 26.9. The molecule has 20 heavy (non-hydrogen) atoms. The smallest absolute Gasteiger partial charge is 0.212 e. The van der Waals surface area contributed by atoms with Crippen LogP contribution in [0.3, 0.4) is 0 Å². The maximum absolute atomic E-state index is 12.6. The standard InChI is InChI=1S/C15H26ClNO2S/c1-10(8-16)9-20(18,19)17(2)15-13-4-11-3-12(6-13)7-14(15)5-11/h10-15H,3-9H2,1-2H3. The van der Waals surface area contributed by atoms with Gasteiger partial charge in [0.25, 0.3) is 0 Å². The van der Waals surface area contributed by atoms with Crippen LogP contribution in [0.5, 0.6) is 0 Å². The van der Waals surface area contributed by atoms with E-state index in [0.717, 1.165) is 11.8 Å². The van der Waals surface area contributed by atoms with Crippen LogP contribution in [0.25, 0.3) is 0 Å². The fourth-order valence-electron chi connectivity index (χ4n) is 5.20. The Morgan fingerprint density at radius 3 is 2.05 bits per heavy atom. The first-order valence-corrected chi connectivity index (χ1v) is 10.1. The van der Waals surface area contributed by atoms with Gasteiger partial charge in [-0.1, -0.05) is 6.92 Å². The van der Waals surface area contributed by atoms with E-state index in [4.69, 9.17) is 11.6 Å². The lowest BCUT2D eigenvalue weighted by atomic mass is 9.54. The monoisotopic (exact) mass is 319 g/mol. The molecular formula is C15H26ClNO2S. The Hall–Kier alpha value is 0.200. The summed E-state index contributed by atoms with van der Waals surface area (Å²) in [5, 5.41) is 0. The van der Waals surface area contributed by atoms with Gasteiger partial charge in [0.1, 0.15) is 0 Å². The number of nitrogens with zero attached hydrogens (tertiary/aromatic N) is 1. The number of alkyl halides is 1. The highest BCUT2D eigenvalue weighted by molar-refractivity contribution is 7.89. The van der Waals surface area contributed by atoms with Crippen LogP contribution in [-0.4, -0.2) is 37.4 Å². The minimum atomic E-state index is -3.17. The Kier molecular flexibility index (Phi) is 4.11. The quantitative estimate of drug-likeness (QED) is 0.731. The minimum absolute atomic E-state index is 0.0287. The molecule has 4 rings (SSSR count). The molecule has 0 saturated heterocycles. The van der Waals surface area contributed by atoms with Gasteiger partial charge in [-0.2, -0.15) is 0 Å². The number of hydrogen-bond donors (Lipinski definition) is 0. The topological polar surface area (TPSA) is 37.4 Å². The Labute approximate surface area is 128 Å². The highest BCUT2D eigenvalue weighted by atomic mass is 35.5. The largest absolute Gasteiger partial charge is 0.214 e. The summed E-state index contributed by atoms with van der Waals surface area (Å²) in [4.78, 5) is 0. The van der Waals surface area contributed by atoms with Crippen molar-refractivity contribution in [2.45, 2.75) is 45.1 Å². The molecule has 0 aromatic rings. The molecule has 4 fully saturated rings. The van der Waals surface area contributed by atoms with E-state index in [0.29, 0.717) is 17.7 Å². The predicted molar refractivity (Wildman–Crippen MR) is 82.3 cm³/mol. The second kappa shape index (κ2) is 5.44. The third-order valence-electron chi connectivity index (χ3n) is 5.79. The summed E-state index contributed by atoms with van der Waals surface area (Å²) in [5.41, 5.74) is 0. The average molecular weight is 320 g/mol. The van der Waals surface area contributed by atoms with Crippen LogP contribution in [0.2, 0.25) is 0 Å². The van der Waals surface area contributed by atoms with Crippen molar-refractivity contribution in [3.63, 3.8) is 0 Å². The predicted octanol–water partition coefficient (Wildman–Crippen LogP) is 2.95. The maximum atomic E-state index is 12.6. The zero-order valence-electron chi connectivity index (χ0n) is 12.5. The van der Waals surface area contributed by atoms with Crippen molar-refractivity contribution in [1.29, 1.82) is 0 Å². The van der Waals surface area contributed by atoms with E-state index in [1.54, 1.807) is 4.31 Å². The summed E-state index contributed by atoms with van der Waals surface area (Å²) in [6.45, 7) is 1.91. The van der Waals surface area contributed by atoms with Gasteiger partial charge < -0.3 is 0 Å². The molecule has 0 heterocycles. The molecule has 0 amide bonds. The lowest BCUT2D eigenvalue weighted by Crippen LogP contribution is -2.56. The molecule has 0 aromatic heterocycles. The van der Waals surface area contributed by atoms with E-state index in [9.17, 15) is 8.42 Å². The molecule has 0 aliphatic heterocycles. The number of halogens is 1. The molecule has 0 radical (unpaired) electrons. The molecule has 1 unspecified atom stereocenters. The Bertz CT molecular complexity index is 436. The molecule has 4 aliphatic rings. The highest BCUT2D eigenvalue weighted by Crippen LogP contribution is 2.55. The molecular weight excluding hydrogens is 294 g/mol. The maximum Gasteiger partial charge on any atom is 0.214 e. The number of sulfonamides is 1. The molecule has 0 aromatic carbocycles. The highest BCUT2D eigenvalue weighted by Gasteiger charge is 2.51. The van der Waals surface area contributed by atoms with Crippen molar-refractivity contribution < 1.29 is 8.42 Å². The van der Waals surface area contributed by atoms with Gasteiger partial charge in [0.05, 0.1) is 5.75 Å². The fourth-order valence-corrected chi connectivity index (χ4v) is 7.22. The number of rotatable bonds is 5. The van der Waals surface area contributed by atoms with Crippen LogP contribution >= 0.6 is 11.6 Å². The molecule has 4 saturated carbocycles. The molecule has 4 aliphatic carbocycles. The second-order valence-electron chi connectivity index (χ2n) is 7.48. The van der Waals surface area contributed by atoms with E-state index in [1.165, 1.54) is 32.1 Å². The summed E-state index contributed by atoms with van der Waals surface area (Å²) in [5.74, 6) is 3.61. The Morgan fingerprint density at radius 1 is 1.10 bits per heavy atom. The van der Waals surface area contributed by atoms with Gasteiger partial charge >= 0.3 is 0 Å². The van der Waals surface area contributed by atoms with E-state index in [2.05, 4.69) is 0 Å². The SMILES string of the molecule is CC(CCl)CS(=O)(=O)N(C)C1C2CC3CC(C2)CC1C3. The Balaban J connectivity index is 1.75. The lowest BCUT2D eigenvalue weighted by molar-refractivity contribution is -0.0351. The van der Waals surface area contributed by atoms with Crippen LogP contribution in [0.1, 0.15) is 39.0 Å². The van der Waals surface area contributed by atoms with E-state index >= 15 is 0 Å². The van der Waals surface area contributed by atoms with E-state index in [-0.39, 0.29) is 17.7 Å². The summed E-state index contributed by atoms with van der Waals surface area (Å²) in [6, 6.07) is 0.260. The zero-order chi connectivity index (χ0) is 14.5. The molecule has 116 valence electrons. The van der Waals surface area contributed by atoms with Gasteiger partial charge in [-0.25, -0.2) is 12.7 Å². The van der Waals surface area contributed by atoms with Crippen molar-refractivity contribution in [1.82, 2.24) is 4.31 Å². The summed E-state index contributed by atoms with van der Waals surface area (Å²) in [6.07, 6.45) is 6.41. The normalized spacial score (nSPS) is 41.3. The first kappa shape index (κ1) is 15.1. The van der Waals surface area contributed by atoms with Crippen LogP contribution in [0.4, 0.5) is 0 Å². The first-order valence-electron chi connectivity index (χ1n) is 7.92. The van der Waals surface area contributed by atoms with Crippen LogP contribution in [0, 0.1) is 29.6 Å². The van der Waals surface area contributed by atoms with Crippen molar-refractivity contribution in [2.75, 3.05) is 18.7 Å². The lowest BCUT2D eigenvalue weighted by Gasteiger charge is -2.56. The van der Waals surface area contributed by atoms with E-state index in [1.807, 2.05) is 14.0 Å². The van der Waals surface area contributed by atoms with Crippen LogP contribution < -0.4 is 0 Å².